The average Bonchev–Trinajstić information content (AvgIpc) is 2.81. The van der Waals surface area contributed by atoms with Crippen LogP contribution in [0.4, 0.5) is 10.1 Å². The van der Waals surface area contributed by atoms with Gasteiger partial charge in [0.1, 0.15) is 24.2 Å². The highest BCUT2D eigenvalue weighted by Gasteiger charge is 2.32. The third-order valence-corrected chi connectivity index (χ3v) is 6.81. The molecule has 0 aromatic heterocycles. The van der Waals surface area contributed by atoms with Gasteiger partial charge in [0.15, 0.2) is 0 Å². The maximum atomic E-state index is 13.8. The lowest BCUT2D eigenvalue weighted by Gasteiger charge is -2.33. The quantitative estimate of drug-likeness (QED) is 0.476. The molecule has 2 aromatic rings. The monoisotopic (exact) mass is 507 g/mol. The van der Waals surface area contributed by atoms with Gasteiger partial charge in [0.2, 0.25) is 21.8 Å². The van der Waals surface area contributed by atoms with Crippen molar-refractivity contribution >= 4 is 27.5 Å². The van der Waals surface area contributed by atoms with E-state index in [2.05, 4.69) is 5.32 Å². The molecule has 0 aliphatic rings. The van der Waals surface area contributed by atoms with E-state index < -0.39 is 34.3 Å². The Morgan fingerprint density at radius 2 is 1.74 bits per heavy atom. The molecule has 0 unspecified atom stereocenters. The lowest BCUT2D eigenvalue weighted by Crippen LogP contribution is -2.53. The summed E-state index contributed by atoms with van der Waals surface area (Å²) < 4.78 is 44.9. The SMILES string of the molecule is CC[C@H](C(=O)N[C@@H](C)CC)N(Cc1ccc(OC)cc1)C(=O)CN(c1cccc(F)c1)S(C)(=O)=O. The van der Waals surface area contributed by atoms with Gasteiger partial charge < -0.3 is 15.0 Å². The Balaban J connectivity index is 2.43. The molecule has 0 aliphatic heterocycles. The number of anilines is 1. The molecular weight excluding hydrogens is 473 g/mol. The molecule has 0 aliphatic carbocycles. The van der Waals surface area contributed by atoms with Gasteiger partial charge in [-0.1, -0.05) is 32.0 Å². The molecule has 0 radical (unpaired) electrons. The van der Waals surface area contributed by atoms with Crippen molar-refractivity contribution in [3.8, 4) is 5.75 Å². The van der Waals surface area contributed by atoms with Crippen molar-refractivity contribution in [3.63, 3.8) is 0 Å². The lowest BCUT2D eigenvalue weighted by atomic mass is 10.1. The zero-order chi connectivity index (χ0) is 26.2. The van der Waals surface area contributed by atoms with Gasteiger partial charge >= 0.3 is 0 Å². The largest absolute Gasteiger partial charge is 0.497 e. The number of hydrogen-bond acceptors (Lipinski definition) is 5. The van der Waals surface area contributed by atoms with Crippen molar-refractivity contribution in [2.24, 2.45) is 0 Å². The second kappa shape index (κ2) is 12.5. The molecule has 0 saturated heterocycles. The third kappa shape index (κ3) is 7.95. The van der Waals surface area contributed by atoms with Crippen LogP contribution >= 0.6 is 0 Å². The predicted molar refractivity (Wildman–Crippen MR) is 134 cm³/mol. The molecule has 0 spiro atoms. The van der Waals surface area contributed by atoms with Gasteiger partial charge in [-0.15, -0.1) is 0 Å². The van der Waals surface area contributed by atoms with Crippen LogP contribution < -0.4 is 14.4 Å². The summed E-state index contributed by atoms with van der Waals surface area (Å²) in [4.78, 5) is 28.0. The number of ether oxygens (including phenoxy) is 1. The first kappa shape index (κ1) is 28.1. The topological polar surface area (TPSA) is 96.0 Å². The molecule has 2 aromatic carbocycles. The molecule has 0 fully saturated rings. The Hall–Kier alpha value is -3.14. The van der Waals surface area contributed by atoms with Gasteiger partial charge in [-0.05, 0) is 55.7 Å². The van der Waals surface area contributed by atoms with E-state index in [4.69, 9.17) is 4.74 Å². The summed E-state index contributed by atoms with van der Waals surface area (Å²) >= 11 is 0. The normalized spacial score (nSPS) is 13.0. The molecular formula is C25H34FN3O5S. The summed E-state index contributed by atoms with van der Waals surface area (Å²) in [5.74, 6) is -0.886. The molecule has 8 nitrogen and oxygen atoms in total. The van der Waals surface area contributed by atoms with Crippen molar-refractivity contribution in [1.82, 2.24) is 10.2 Å². The van der Waals surface area contributed by atoms with E-state index in [-0.39, 0.29) is 24.2 Å². The Kier molecular flexibility index (Phi) is 10.1. The van der Waals surface area contributed by atoms with Gasteiger partial charge in [0, 0.05) is 12.6 Å². The molecule has 2 rings (SSSR count). The zero-order valence-corrected chi connectivity index (χ0v) is 21.6. The third-order valence-electron chi connectivity index (χ3n) is 5.67. The number of carbonyl (C=O) groups excluding carboxylic acids is 2. The summed E-state index contributed by atoms with van der Waals surface area (Å²) in [6.07, 6.45) is 1.99. The fraction of sp³-hybridized carbons (Fsp3) is 0.440. The molecule has 0 saturated carbocycles. The van der Waals surface area contributed by atoms with Crippen LogP contribution in [0.2, 0.25) is 0 Å². The van der Waals surface area contributed by atoms with Crippen LogP contribution in [0.25, 0.3) is 0 Å². The maximum absolute atomic E-state index is 13.8. The summed E-state index contributed by atoms with van der Waals surface area (Å²) in [5, 5.41) is 2.91. The minimum Gasteiger partial charge on any atom is -0.497 e. The summed E-state index contributed by atoms with van der Waals surface area (Å²) in [7, 11) is -2.37. The number of benzene rings is 2. The number of sulfonamides is 1. The number of halogens is 1. The molecule has 2 atom stereocenters. The molecule has 2 amide bonds. The number of carbonyl (C=O) groups is 2. The van der Waals surface area contributed by atoms with Crippen LogP contribution in [-0.2, 0) is 26.2 Å². The number of nitrogens with zero attached hydrogens (tertiary/aromatic N) is 2. The first-order chi connectivity index (χ1) is 16.5. The highest BCUT2D eigenvalue weighted by atomic mass is 32.2. The molecule has 192 valence electrons. The Morgan fingerprint density at radius 1 is 1.09 bits per heavy atom. The fourth-order valence-corrected chi connectivity index (χ4v) is 4.37. The predicted octanol–water partition coefficient (Wildman–Crippen LogP) is 3.32. The van der Waals surface area contributed by atoms with Crippen LogP contribution in [0.5, 0.6) is 5.75 Å². The standard InChI is InChI=1S/C25H34FN3O5S/c1-6-18(3)27-25(31)23(7-2)28(16-19-11-13-22(34-4)14-12-19)24(30)17-29(35(5,32)33)21-10-8-9-20(26)15-21/h8-15,18,23H,6-7,16-17H2,1-5H3,(H,27,31)/t18-,23+/m0/s1. The van der Waals surface area contributed by atoms with E-state index in [1.807, 2.05) is 13.8 Å². The lowest BCUT2D eigenvalue weighted by molar-refractivity contribution is -0.140. The highest BCUT2D eigenvalue weighted by molar-refractivity contribution is 7.92. The number of methoxy groups -OCH3 is 1. The van der Waals surface area contributed by atoms with Gasteiger partial charge in [-0.3, -0.25) is 13.9 Å². The van der Waals surface area contributed by atoms with Crippen LogP contribution in [0, 0.1) is 5.82 Å². The summed E-state index contributed by atoms with van der Waals surface area (Å²) in [6, 6.07) is 11.2. The van der Waals surface area contributed by atoms with Gasteiger partial charge in [0.05, 0.1) is 19.1 Å². The van der Waals surface area contributed by atoms with E-state index in [1.54, 1.807) is 38.3 Å². The number of rotatable bonds is 12. The van der Waals surface area contributed by atoms with E-state index in [0.717, 1.165) is 28.6 Å². The Bertz CT molecular complexity index is 1110. The van der Waals surface area contributed by atoms with Gasteiger partial charge in [-0.25, -0.2) is 12.8 Å². The Labute approximate surface area is 207 Å². The van der Waals surface area contributed by atoms with Gasteiger partial charge in [-0.2, -0.15) is 0 Å². The molecule has 10 heteroatoms. The number of nitrogens with one attached hydrogen (secondary N) is 1. The summed E-state index contributed by atoms with van der Waals surface area (Å²) in [6.45, 7) is 5.10. The summed E-state index contributed by atoms with van der Waals surface area (Å²) in [5.41, 5.74) is 0.771. The second-order valence-corrected chi connectivity index (χ2v) is 10.3. The highest BCUT2D eigenvalue weighted by Crippen LogP contribution is 2.21. The average molecular weight is 508 g/mol. The Morgan fingerprint density at radius 3 is 2.26 bits per heavy atom. The van der Waals surface area contributed by atoms with Crippen LogP contribution in [0.1, 0.15) is 39.2 Å². The fourth-order valence-electron chi connectivity index (χ4n) is 3.53. The van der Waals surface area contributed by atoms with E-state index in [9.17, 15) is 22.4 Å². The number of hydrogen-bond donors (Lipinski definition) is 1. The van der Waals surface area contributed by atoms with Crippen molar-refractivity contribution in [2.75, 3.05) is 24.2 Å². The van der Waals surface area contributed by atoms with Crippen molar-refractivity contribution in [3.05, 3.63) is 59.9 Å². The smallest absolute Gasteiger partial charge is 0.244 e. The van der Waals surface area contributed by atoms with Crippen LogP contribution in [0.3, 0.4) is 0 Å². The minimum absolute atomic E-state index is 0.0300. The first-order valence-corrected chi connectivity index (χ1v) is 13.3. The molecule has 0 heterocycles. The maximum Gasteiger partial charge on any atom is 0.244 e. The second-order valence-electron chi connectivity index (χ2n) is 8.36. The number of amides is 2. The van der Waals surface area contributed by atoms with Crippen molar-refractivity contribution in [2.45, 2.75) is 52.2 Å². The van der Waals surface area contributed by atoms with Crippen LogP contribution in [0.15, 0.2) is 48.5 Å². The molecule has 0 bridgehead atoms. The zero-order valence-electron chi connectivity index (χ0n) is 20.8. The van der Waals surface area contributed by atoms with Gasteiger partial charge in [0.25, 0.3) is 0 Å². The van der Waals surface area contributed by atoms with Crippen molar-refractivity contribution in [1.29, 1.82) is 0 Å². The van der Waals surface area contributed by atoms with Crippen molar-refractivity contribution < 1.29 is 27.1 Å². The molecule has 1 N–H and O–H groups in total. The first-order valence-electron chi connectivity index (χ1n) is 11.5. The molecule has 35 heavy (non-hydrogen) atoms. The minimum atomic E-state index is -3.92. The van der Waals surface area contributed by atoms with E-state index >= 15 is 0 Å². The van der Waals surface area contributed by atoms with E-state index in [0.29, 0.717) is 12.2 Å². The van der Waals surface area contributed by atoms with E-state index in [1.165, 1.54) is 23.1 Å². The van der Waals surface area contributed by atoms with Crippen LogP contribution in [-0.4, -0.2) is 57.1 Å².